The molecular weight excluding hydrogens is 485 g/mol. The molecule has 2 heterocycles. The van der Waals surface area contributed by atoms with Crippen LogP contribution in [0.15, 0.2) is 47.5 Å². The molecule has 0 aliphatic carbocycles. The van der Waals surface area contributed by atoms with Gasteiger partial charge in [-0.2, -0.15) is 28.1 Å². The van der Waals surface area contributed by atoms with Gasteiger partial charge in [0.05, 0.1) is 36.9 Å². The first-order valence-electron chi connectivity index (χ1n) is 10.6. The van der Waals surface area contributed by atoms with Crippen LogP contribution in [0.5, 0.6) is 0 Å². The van der Waals surface area contributed by atoms with Gasteiger partial charge in [-0.1, -0.05) is 12.1 Å². The molecule has 1 aromatic carbocycles. The maximum Gasteiger partial charge on any atom is 0.416 e. The van der Waals surface area contributed by atoms with Crippen molar-refractivity contribution in [3.05, 3.63) is 64.2 Å². The van der Waals surface area contributed by atoms with E-state index in [4.69, 9.17) is 9.47 Å². The van der Waals surface area contributed by atoms with E-state index in [-0.39, 0.29) is 35.8 Å². The predicted molar refractivity (Wildman–Crippen MR) is 128 cm³/mol. The first-order valence-corrected chi connectivity index (χ1v) is 13.7. The number of ether oxygens (including phenoxy) is 2. The average Bonchev–Trinajstić information content (AvgIpc) is 3.24. The SMILES string of the molecule is CCOC(=O)c1cc(-c2ccc(C(F)(F)F)cc2)nn(-c2cnn(COCCS(C)(C)C)c2)c1=O. The molecular formula is C23H27F3N4O4S. The number of alkyl halides is 3. The first-order chi connectivity index (χ1) is 16.4. The third-order valence-electron chi connectivity index (χ3n) is 4.84. The highest BCUT2D eigenvalue weighted by molar-refractivity contribution is 8.32. The summed E-state index contributed by atoms with van der Waals surface area (Å²) in [6.07, 6.45) is 4.98. The molecule has 3 rings (SSSR count). The normalized spacial score (nSPS) is 12.5. The first kappa shape index (κ1) is 26.5. The van der Waals surface area contributed by atoms with Crippen LogP contribution in [0.2, 0.25) is 0 Å². The van der Waals surface area contributed by atoms with Gasteiger partial charge in [0.2, 0.25) is 0 Å². The molecule has 0 radical (unpaired) electrons. The van der Waals surface area contributed by atoms with Crippen LogP contribution in [0.3, 0.4) is 0 Å². The number of hydrogen-bond donors (Lipinski definition) is 0. The Labute approximate surface area is 202 Å². The summed E-state index contributed by atoms with van der Waals surface area (Å²) in [5.74, 6) is 0.0717. The van der Waals surface area contributed by atoms with E-state index in [1.54, 1.807) is 6.92 Å². The van der Waals surface area contributed by atoms with Gasteiger partial charge in [0.25, 0.3) is 5.56 Å². The van der Waals surface area contributed by atoms with E-state index in [0.29, 0.717) is 6.61 Å². The maximum atomic E-state index is 13.0. The second kappa shape index (κ2) is 10.6. The van der Waals surface area contributed by atoms with Crippen LogP contribution in [0.4, 0.5) is 13.2 Å². The largest absolute Gasteiger partial charge is 0.462 e. The number of hydrogen-bond acceptors (Lipinski definition) is 6. The molecule has 0 spiro atoms. The summed E-state index contributed by atoms with van der Waals surface area (Å²) >= 11 is 0. The minimum atomic E-state index is -4.49. The van der Waals surface area contributed by atoms with Crippen molar-refractivity contribution in [2.75, 3.05) is 37.7 Å². The van der Waals surface area contributed by atoms with Crippen LogP contribution in [-0.2, 0) is 22.4 Å². The van der Waals surface area contributed by atoms with Crippen molar-refractivity contribution in [2.24, 2.45) is 0 Å². The Morgan fingerprint density at radius 3 is 2.43 bits per heavy atom. The Balaban J connectivity index is 1.95. The van der Waals surface area contributed by atoms with Crippen LogP contribution < -0.4 is 5.56 Å². The number of aromatic nitrogens is 4. The summed E-state index contributed by atoms with van der Waals surface area (Å²) in [4.78, 5) is 25.4. The molecule has 0 saturated heterocycles. The highest BCUT2D eigenvalue weighted by Gasteiger charge is 2.30. The molecule has 12 heteroatoms. The molecule has 35 heavy (non-hydrogen) atoms. The molecule has 0 saturated carbocycles. The Morgan fingerprint density at radius 2 is 1.83 bits per heavy atom. The van der Waals surface area contributed by atoms with E-state index in [2.05, 4.69) is 29.0 Å². The number of benzene rings is 1. The smallest absolute Gasteiger partial charge is 0.416 e. The average molecular weight is 513 g/mol. The van der Waals surface area contributed by atoms with Gasteiger partial charge in [0.1, 0.15) is 18.0 Å². The predicted octanol–water partition coefficient (Wildman–Crippen LogP) is 3.96. The molecule has 0 aliphatic heterocycles. The molecule has 0 N–H and O–H groups in total. The van der Waals surface area contributed by atoms with Crippen molar-refractivity contribution in [3.8, 4) is 16.9 Å². The van der Waals surface area contributed by atoms with E-state index >= 15 is 0 Å². The van der Waals surface area contributed by atoms with Crippen molar-refractivity contribution in [3.63, 3.8) is 0 Å². The lowest BCUT2D eigenvalue weighted by molar-refractivity contribution is -0.137. The van der Waals surface area contributed by atoms with Crippen LogP contribution in [0.25, 0.3) is 16.9 Å². The lowest BCUT2D eigenvalue weighted by atomic mass is 10.1. The summed E-state index contributed by atoms with van der Waals surface area (Å²) < 4.78 is 51.9. The maximum absolute atomic E-state index is 13.0. The van der Waals surface area contributed by atoms with Crippen molar-refractivity contribution < 1.29 is 27.4 Å². The molecule has 2 aromatic heterocycles. The summed E-state index contributed by atoms with van der Waals surface area (Å²) in [5.41, 5.74) is -1.19. The molecule has 0 unspecified atom stereocenters. The molecule has 8 nitrogen and oxygen atoms in total. The Bertz CT molecular complexity index is 1230. The summed E-state index contributed by atoms with van der Waals surface area (Å²) in [5, 5.41) is 8.45. The van der Waals surface area contributed by atoms with E-state index in [1.807, 2.05) is 0 Å². The molecule has 0 fully saturated rings. The highest BCUT2D eigenvalue weighted by atomic mass is 32.3. The highest BCUT2D eigenvalue weighted by Crippen LogP contribution is 2.33. The minimum absolute atomic E-state index is 0.0434. The van der Waals surface area contributed by atoms with Crippen molar-refractivity contribution >= 4 is 16.0 Å². The fraction of sp³-hybridized carbons (Fsp3) is 0.391. The van der Waals surface area contributed by atoms with E-state index in [0.717, 1.165) is 22.6 Å². The van der Waals surface area contributed by atoms with Crippen LogP contribution in [0.1, 0.15) is 22.8 Å². The van der Waals surface area contributed by atoms with Gasteiger partial charge in [0, 0.05) is 11.3 Å². The van der Waals surface area contributed by atoms with Crippen LogP contribution >= 0.6 is 10.0 Å². The summed E-state index contributed by atoms with van der Waals surface area (Å²) in [6, 6.07) is 5.48. The van der Waals surface area contributed by atoms with Gasteiger partial charge in [-0.3, -0.25) is 4.79 Å². The molecule has 0 aliphatic rings. The quantitative estimate of drug-likeness (QED) is 0.319. The Kier molecular flexibility index (Phi) is 8.06. The Hall–Kier alpha value is -3.12. The molecule has 0 bridgehead atoms. The standard InChI is InChI=1S/C23H27F3N4O4S/c1-5-34-22(32)19-12-20(16-6-8-17(9-7-16)23(24,25)26)28-30(21(19)31)18-13-27-29(14-18)15-33-10-11-35(2,3)4/h6-9,12-14H,5,10-11,15H2,1-4H3. The van der Waals surface area contributed by atoms with Gasteiger partial charge in [-0.25, -0.2) is 19.5 Å². The van der Waals surface area contributed by atoms with Gasteiger partial charge >= 0.3 is 12.1 Å². The van der Waals surface area contributed by atoms with E-state index in [1.165, 1.54) is 35.3 Å². The number of halogens is 3. The molecule has 0 amide bonds. The number of rotatable bonds is 9. The number of nitrogens with zero attached hydrogens (tertiary/aromatic N) is 4. The molecule has 0 atom stereocenters. The fourth-order valence-electron chi connectivity index (χ4n) is 3.00. The zero-order chi connectivity index (χ0) is 25.8. The zero-order valence-corrected chi connectivity index (χ0v) is 20.7. The van der Waals surface area contributed by atoms with Crippen LogP contribution in [0, 0.1) is 0 Å². The van der Waals surface area contributed by atoms with Crippen LogP contribution in [-0.4, -0.2) is 63.3 Å². The van der Waals surface area contributed by atoms with Gasteiger partial charge in [-0.05, 0) is 43.9 Å². The lowest BCUT2D eigenvalue weighted by Gasteiger charge is -2.24. The minimum Gasteiger partial charge on any atom is -0.462 e. The van der Waals surface area contributed by atoms with Gasteiger partial charge in [-0.15, -0.1) is 0 Å². The molecule has 190 valence electrons. The number of carbonyl (C=O) groups excluding carboxylic acids is 1. The van der Waals surface area contributed by atoms with E-state index in [9.17, 15) is 22.8 Å². The summed E-state index contributed by atoms with van der Waals surface area (Å²) in [7, 11) is -0.698. The monoisotopic (exact) mass is 512 g/mol. The Morgan fingerprint density at radius 1 is 1.14 bits per heavy atom. The number of esters is 1. The van der Waals surface area contributed by atoms with Crippen molar-refractivity contribution in [2.45, 2.75) is 19.8 Å². The fourth-order valence-corrected chi connectivity index (χ4v) is 3.61. The number of carbonyl (C=O) groups is 1. The van der Waals surface area contributed by atoms with Gasteiger partial charge < -0.3 is 9.47 Å². The third-order valence-corrected chi connectivity index (χ3v) is 6.23. The van der Waals surface area contributed by atoms with Crippen molar-refractivity contribution in [1.29, 1.82) is 0 Å². The third kappa shape index (κ3) is 6.95. The second-order valence-corrected chi connectivity index (χ2v) is 13.1. The van der Waals surface area contributed by atoms with Crippen molar-refractivity contribution in [1.82, 2.24) is 19.6 Å². The second-order valence-electron chi connectivity index (χ2n) is 8.53. The van der Waals surface area contributed by atoms with E-state index < -0.39 is 33.3 Å². The molecule has 3 aromatic rings. The summed E-state index contributed by atoms with van der Waals surface area (Å²) in [6.45, 7) is 2.36. The lowest BCUT2D eigenvalue weighted by Crippen LogP contribution is -2.28. The van der Waals surface area contributed by atoms with Gasteiger partial charge in [0.15, 0.2) is 0 Å². The topological polar surface area (TPSA) is 88.2 Å². The zero-order valence-electron chi connectivity index (χ0n) is 19.8.